The fraction of sp³-hybridized carbons (Fsp3) is 0.500. The first-order valence-electron chi connectivity index (χ1n) is 14.5. The van der Waals surface area contributed by atoms with Gasteiger partial charge in [-0.2, -0.15) is 0 Å². The number of imide groups is 1. The molecule has 0 saturated carbocycles. The van der Waals surface area contributed by atoms with Crippen molar-refractivity contribution in [3.63, 3.8) is 0 Å². The number of carbonyl (C=O) groups excluding carboxylic acids is 7. The molecule has 1 aromatic rings. The number of hydrogen-bond donors (Lipinski definition) is 5. The normalized spacial score (nSPS) is 11.7. The van der Waals surface area contributed by atoms with E-state index in [1.807, 2.05) is 41.5 Å². The highest BCUT2D eigenvalue weighted by Crippen LogP contribution is 2.24. The van der Waals surface area contributed by atoms with E-state index < -0.39 is 42.1 Å². The van der Waals surface area contributed by atoms with Crippen LogP contribution in [0.5, 0.6) is 0 Å². The average molecular weight is 605 g/mol. The second kappa shape index (κ2) is 23.1. The van der Waals surface area contributed by atoms with Crippen molar-refractivity contribution in [2.45, 2.75) is 73.3 Å². The number of anilines is 1. The summed E-state index contributed by atoms with van der Waals surface area (Å²) in [7, 11) is 4.32. The highest BCUT2D eigenvalue weighted by molar-refractivity contribution is 6.28. The molecule has 1 aliphatic heterocycles. The molecule has 1 atom stereocenters. The third-order valence-corrected chi connectivity index (χ3v) is 5.55. The molecule has 0 aromatic heterocycles. The van der Waals surface area contributed by atoms with Gasteiger partial charge < -0.3 is 26.6 Å². The smallest absolute Gasteiger partial charge is 0.258 e. The summed E-state index contributed by atoms with van der Waals surface area (Å²) >= 11 is 0. The van der Waals surface area contributed by atoms with Gasteiger partial charge in [0.25, 0.3) is 17.7 Å². The van der Waals surface area contributed by atoms with Crippen LogP contribution in [0.1, 0.15) is 76.7 Å². The molecular formula is C30H48N6O7. The molecule has 2 rings (SSSR count). The third kappa shape index (κ3) is 13.8. The van der Waals surface area contributed by atoms with Gasteiger partial charge in [0.05, 0.1) is 12.2 Å². The summed E-state index contributed by atoms with van der Waals surface area (Å²) in [5.41, 5.74) is 0.779. The number of likely N-dealkylation sites (N-methyl/N-ethyl adjacent to an activating group) is 1. The van der Waals surface area contributed by atoms with Crippen LogP contribution in [0.25, 0.3) is 0 Å². The van der Waals surface area contributed by atoms with Crippen LogP contribution in [-0.2, 0) is 35.2 Å². The summed E-state index contributed by atoms with van der Waals surface area (Å²) in [5.74, 6) is -3.40. The zero-order valence-corrected chi connectivity index (χ0v) is 26.8. The molecule has 1 aromatic carbocycles. The molecule has 240 valence electrons. The molecule has 43 heavy (non-hydrogen) atoms. The topological polar surface area (TPSA) is 183 Å². The fourth-order valence-corrected chi connectivity index (χ4v) is 3.52. The van der Waals surface area contributed by atoms with Crippen molar-refractivity contribution in [2.75, 3.05) is 32.6 Å². The highest BCUT2D eigenvalue weighted by Gasteiger charge is 2.27. The number of rotatable bonds is 12. The Hall–Kier alpha value is -4.55. The molecule has 13 nitrogen and oxygen atoms in total. The van der Waals surface area contributed by atoms with Crippen molar-refractivity contribution < 1.29 is 33.6 Å². The van der Waals surface area contributed by atoms with Gasteiger partial charge >= 0.3 is 0 Å². The molecule has 7 amide bonds. The van der Waals surface area contributed by atoms with E-state index in [0.717, 1.165) is 17.1 Å². The lowest BCUT2D eigenvalue weighted by Crippen LogP contribution is -2.49. The summed E-state index contributed by atoms with van der Waals surface area (Å²) in [4.78, 5) is 85.7. The van der Waals surface area contributed by atoms with Crippen LogP contribution >= 0.6 is 0 Å². The van der Waals surface area contributed by atoms with Crippen LogP contribution in [0.3, 0.4) is 0 Å². The molecule has 1 unspecified atom stereocenters. The molecule has 1 aliphatic rings. The van der Waals surface area contributed by atoms with Gasteiger partial charge in [0.15, 0.2) is 0 Å². The number of nitrogens with zero attached hydrogens (tertiary/aromatic N) is 1. The Morgan fingerprint density at radius 3 is 1.79 bits per heavy atom. The van der Waals surface area contributed by atoms with E-state index in [0.29, 0.717) is 5.56 Å². The van der Waals surface area contributed by atoms with Gasteiger partial charge in [0.1, 0.15) is 6.04 Å². The van der Waals surface area contributed by atoms with Crippen LogP contribution in [0.2, 0.25) is 0 Å². The lowest BCUT2D eigenvalue weighted by atomic mass is 10.0. The maximum absolute atomic E-state index is 12.9. The van der Waals surface area contributed by atoms with Crippen molar-refractivity contribution in [3.8, 4) is 0 Å². The monoisotopic (exact) mass is 604 g/mol. The Kier molecular flexibility index (Phi) is 21.8. The van der Waals surface area contributed by atoms with Crippen molar-refractivity contribution in [2.24, 2.45) is 0 Å². The minimum Gasteiger partial charge on any atom is -0.359 e. The fourth-order valence-electron chi connectivity index (χ4n) is 3.52. The van der Waals surface area contributed by atoms with Gasteiger partial charge in [-0.25, -0.2) is 4.90 Å². The summed E-state index contributed by atoms with van der Waals surface area (Å²) in [6.45, 7) is 11.5. The average Bonchev–Trinajstić information content (AvgIpc) is 3.39. The van der Waals surface area contributed by atoms with Crippen LogP contribution in [0.15, 0.2) is 30.4 Å². The summed E-state index contributed by atoms with van der Waals surface area (Å²) in [5, 5.41) is 12.3. The van der Waals surface area contributed by atoms with Gasteiger partial charge in [-0.3, -0.25) is 33.6 Å². The van der Waals surface area contributed by atoms with E-state index in [1.165, 1.54) is 39.3 Å². The quantitative estimate of drug-likeness (QED) is 0.223. The standard InChI is InChI=1S/C24H30N6O7.3C2H6/c1-25-18(31)8-4-14-12-15(30-21(34)10-11-22(30)35)5-6-16(14)23(36)28-13-20(33)29-17(24(37)27-3)7-9-19(32)26-2;3*1-2/h5-6,10-12,17H,4,7-9,13H2,1-3H3,(H,25,31)(H,26,32)(H,27,37)(H,28,36)(H,29,33);3*1-2H3. The van der Waals surface area contributed by atoms with Crippen molar-refractivity contribution in [1.29, 1.82) is 0 Å². The van der Waals surface area contributed by atoms with Gasteiger partial charge in [-0.15, -0.1) is 0 Å². The molecular weight excluding hydrogens is 556 g/mol. The molecule has 0 radical (unpaired) electrons. The Morgan fingerprint density at radius 2 is 1.28 bits per heavy atom. The van der Waals surface area contributed by atoms with Crippen LogP contribution < -0.4 is 31.5 Å². The van der Waals surface area contributed by atoms with Crippen LogP contribution in [0, 0.1) is 0 Å². The van der Waals surface area contributed by atoms with Crippen molar-refractivity contribution in [1.82, 2.24) is 26.6 Å². The first kappa shape index (κ1) is 40.6. The van der Waals surface area contributed by atoms with E-state index >= 15 is 0 Å². The molecule has 0 aliphatic carbocycles. The predicted molar refractivity (Wildman–Crippen MR) is 166 cm³/mol. The molecule has 0 spiro atoms. The Balaban J connectivity index is 0. The number of amides is 7. The van der Waals surface area contributed by atoms with Gasteiger partial charge in [-0.05, 0) is 36.6 Å². The van der Waals surface area contributed by atoms with E-state index in [1.54, 1.807) is 0 Å². The van der Waals surface area contributed by atoms with Gasteiger partial charge in [0, 0.05) is 51.7 Å². The van der Waals surface area contributed by atoms with Gasteiger partial charge in [-0.1, -0.05) is 41.5 Å². The molecule has 1 heterocycles. The van der Waals surface area contributed by atoms with Crippen LogP contribution in [0.4, 0.5) is 5.69 Å². The minimum absolute atomic E-state index is 0.0137. The molecule has 5 N–H and O–H groups in total. The highest BCUT2D eigenvalue weighted by atomic mass is 16.2. The van der Waals surface area contributed by atoms with Gasteiger partial charge in [0.2, 0.25) is 23.6 Å². The van der Waals surface area contributed by atoms with Crippen molar-refractivity contribution in [3.05, 3.63) is 41.5 Å². The Morgan fingerprint density at radius 1 is 0.744 bits per heavy atom. The molecule has 0 bridgehead atoms. The maximum Gasteiger partial charge on any atom is 0.258 e. The zero-order valence-electron chi connectivity index (χ0n) is 26.8. The summed E-state index contributed by atoms with van der Waals surface area (Å²) < 4.78 is 0. The lowest BCUT2D eigenvalue weighted by Gasteiger charge is -2.18. The maximum atomic E-state index is 12.9. The van der Waals surface area contributed by atoms with E-state index in [-0.39, 0.29) is 48.7 Å². The summed E-state index contributed by atoms with van der Waals surface area (Å²) in [6, 6.07) is 3.32. The zero-order chi connectivity index (χ0) is 33.5. The minimum atomic E-state index is -0.974. The van der Waals surface area contributed by atoms with Crippen LogP contribution in [-0.4, -0.2) is 75.1 Å². The molecule has 13 heteroatoms. The number of aryl methyl sites for hydroxylation is 1. The molecule has 0 fully saturated rings. The largest absolute Gasteiger partial charge is 0.359 e. The third-order valence-electron chi connectivity index (χ3n) is 5.55. The lowest BCUT2D eigenvalue weighted by molar-refractivity contribution is -0.129. The predicted octanol–water partition coefficient (Wildman–Crippen LogP) is 1.36. The number of nitrogens with one attached hydrogen (secondary N) is 5. The van der Waals surface area contributed by atoms with E-state index in [4.69, 9.17) is 0 Å². The number of hydrogen-bond acceptors (Lipinski definition) is 7. The van der Waals surface area contributed by atoms with E-state index in [2.05, 4.69) is 26.6 Å². The summed E-state index contributed by atoms with van der Waals surface area (Å²) in [6.07, 6.45) is 2.51. The second-order valence-corrected chi connectivity index (χ2v) is 7.99. The SMILES string of the molecule is CC.CC.CC.CNC(=O)CCc1cc(N2C(=O)C=CC2=O)ccc1C(=O)NCC(=O)NC(CCC(=O)NC)C(=O)NC. The second-order valence-electron chi connectivity index (χ2n) is 7.99. The first-order valence-corrected chi connectivity index (χ1v) is 14.5. The van der Waals surface area contributed by atoms with Crippen molar-refractivity contribution >= 4 is 47.0 Å². The number of benzene rings is 1. The molecule has 0 saturated heterocycles. The Labute approximate surface area is 254 Å². The number of carbonyl (C=O) groups is 7. The Bertz CT molecular complexity index is 1120. The van der Waals surface area contributed by atoms with E-state index in [9.17, 15) is 33.6 Å². The first-order chi connectivity index (χ1) is 20.6.